The van der Waals surface area contributed by atoms with E-state index < -0.39 is 0 Å². The minimum absolute atomic E-state index is 0.166. The molecule has 0 radical (unpaired) electrons. The van der Waals surface area contributed by atoms with Crippen LogP contribution in [0.1, 0.15) is 11.1 Å². The summed E-state index contributed by atoms with van der Waals surface area (Å²) < 4.78 is 16.5. The molecule has 27 heavy (non-hydrogen) atoms. The number of nitrogens with zero attached hydrogens (tertiary/aromatic N) is 2. The highest BCUT2D eigenvalue weighted by Gasteiger charge is 2.24. The van der Waals surface area contributed by atoms with Gasteiger partial charge in [0.2, 0.25) is 12.5 Å². The average molecular weight is 386 g/mol. The summed E-state index contributed by atoms with van der Waals surface area (Å²) in [5.41, 5.74) is 2.72. The number of hydrogen-bond donors (Lipinski definition) is 2. The third kappa shape index (κ3) is 4.22. The molecule has 2 aromatic rings. The fourth-order valence-electron chi connectivity index (χ4n) is 2.83. The lowest BCUT2D eigenvalue weighted by Crippen LogP contribution is -2.32. The van der Waals surface area contributed by atoms with Crippen molar-refractivity contribution in [1.29, 1.82) is 0 Å². The van der Waals surface area contributed by atoms with Crippen LogP contribution in [0.4, 0.5) is 5.69 Å². The number of hydrazone groups is 1. The molecule has 7 nitrogen and oxygen atoms in total. The van der Waals surface area contributed by atoms with E-state index in [1.165, 1.54) is 0 Å². The first-order chi connectivity index (χ1) is 13.1. The van der Waals surface area contributed by atoms with Gasteiger partial charge in [0, 0.05) is 24.8 Å². The molecule has 0 bridgehead atoms. The van der Waals surface area contributed by atoms with Crippen LogP contribution in [0, 0.1) is 0 Å². The first-order valence-electron chi connectivity index (χ1n) is 8.44. The standard InChI is InChI=1S/C19H22N4O3S/c1-23(19(27)22-14-6-4-3-5-7-14)9-8-13-10-16-18(26-12-25-16)17(24-2)15(13)11-21-20/h3-7,10-11H,8-9,12,20H2,1-2H3,(H,22,27)/b21-11+. The van der Waals surface area contributed by atoms with Crippen LogP contribution < -0.4 is 25.4 Å². The Hall–Kier alpha value is -3.00. The van der Waals surface area contributed by atoms with Gasteiger partial charge in [0.05, 0.1) is 13.3 Å². The summed E-state index contributed by atoms with van der Waals surface area (Å²) in [6.45, 7) is 0.853. The molecule has 0 amide bonds. The summed E-state index contributed by atoms with van der Waals surface area (Å²) in [6.07, 6.45) is 2.26. The molecule has 3 rings (SSSR count). The minimum atomic E-state index is 0.166. The molecular weight excluding hydrogens is 364 g/mol. The number of nitrogens with one attached hydrogen (secondary N) is 1. The Morgan fingerprint density at radius 3 is 2.85 bits per heavy atom. The number of thiocarbonyl (C=S) groups is 1. The van der Waals surface area contributed by atoms with E-state index in [4.69, 9.17) is 32.3 Å². The first kappa shape index (κ1) is 18.8. The van der Waals surface area contributed by atoms with Gasteiger partial charge >= 0.3 is 0 Å². The molecule has 0 saturated carbocycles. The Bertz CT molecular complexity index is 843. The topological polar surface area (TPSA) is 81.3 Å². The fourth-order valence-corrected chi connectivity index (χ4v) is 3.04. The number of nitrogens with two attached hydrogens (primary N) is 1. The molecule has 1 aliphatic rings. The highest BCUT2D eigenvalue weighted by Crippen LogP contribution is 2.44. The van der Waals surface area contributed by atoms with Gasteiger partial charge in [-0.25, -0.2) is 0 Å². The van der Waals surface area contributed by atoms with E-state index in [-0.39, 0.29) is 6.79 Å². The normalized spacial score (nSPS) is 12.2. The van der Waals surface area contributed by atoms with Crippen LogP contribution in [-0.4, -0.2) is 43.7 Å². The summed E-state index contributed by atoms with van der Waals surface area (Å²) in [5, 5.41) is 7.53. The number of likely N-dealkylation sites (N-methyl/N-ethyl adjacent to an activating group) is 1. The maximum Gasteiger partial charge on any atom is 0.231 e. The molecule has 0 fully saturated rings. The number of methoxy groups -OCH3 is 1. The molecule has 0 spiro atoms. The van der Waals surface area contributed by atoms with E-state index in [2.05, 4.69) is 10.4 Å². The summed E-state index contributed by atoms with van der Waals surface area (Å²) in [7, 11) is 3.53. The molecule has 2 aromatic carbocycles. The van der Waals surface area contributed by atoms with Crippen LogP contribution in [0.2, 0.25) is 0 Å². The van der Waals surface area contributed by atoms with E-state index in [1.807, 2.05) is 48.3 Å². The molecule has 1 aliphatic heterocycles. The molecule has 0 aromatic heterocycles. The van der Waals surface area contributed by atoms with Crippen molar-refractivity contribution >= 4 is 29.2 Å². The van der Waals surface area contributed by atoms with Gasteiger partial charge in [-0.15, -0.1) is 0 Å². The van der Waals surface area contributed by atoms with Crippen LogP contribution in [0.25, 0.3) is 0 Å². The van der Waals surface area contributed by atoms with Crippen LogP contribution in [-0.2, 0) is 6.42 Å². The highest BCUT2D eigenvalue weighted by atomic mass is 32.1. The van der Waals surface area contributed by atoms with Crippen LogP contribution >= 0.6 is 12.2 Å². The molecule has 0 aliphatic carbocycles. The maximum atomic E-state index is 5.52. The summed E-state index contributed by atoms with van der Waals surface area (Å²) in [6, 6.07) is 11.8. The number of fused-ring (bicyclic) bond motifs is 1. The highest BCUT2D eigenvalue weighted by molar-refractivity contribution is 7.80. The zero-order chi connectivity index (χ0) is 19.2. The van der Waals surface area contributed by atoms with Crippen molar-refractivity contribution in [3.63, 3.8) is 0 Å². The van der Waals surface area contributed by atoms with Crippen molar-refractivity contribution < 1.29 is 14.2 Å². The molecular formula is C19H22N4O3S. The molecule has 3 N–H and O–H groups in total. The fraction of sp³-hybridized carbons (Fsp3) is 0.263. The lowest BCUT2D eigenvalue weighted by molar-refractivity contribution is 0.171. The number of para-hydroxylation sites is 1. The molecule has 0 atom stereocenters. The van der Waals surface area contributed by atoms with Gasteiger partial charge < -0.3 is 30.3 Å². The molecule has 1 heterocycles. The van der Waals surface area contributed by atoms with E-state index in [0.717, 1.165) is 16.8 Å². The van der Waals surface area contributed by atoms with Gasteiger partial charge in [-0.3, -0.25) is 0 Å². The van der Waals surface area contributed by atoms with Crippen molar-refractivity contribution in [2.75, 3.05) is 32.8 Å². The van der Waals surface area contributed by atoms with Crippen LogP contribution in [0.15, 0.2) is 41.5 Å². The lowest BCUT2D eigenvalue weighted by Gasteiger charge is -2.22. The van der Waals surface area contributed by atoms with Gasteiger partial charge in [0.25, 0.3) is 0 Å². The zero-order valence-corrected chi connectivity index (χ0v) is 16.1. The smallest absolute Gasteiger partial charge is 0.231 e. The second-order valence-corrected chi connectivity index (χ2v) is 6.35. The first-order valence-corrected chi connectivity index (χ1v) is 8.84. The predicted octanol–water partition coefficient (Wildman–Crippen LogP) is 2.59. The minimum Gasteiger partial charge on any atom is -0.492 e. The van der Waals surface area contributed by atoms with Crippen LogP contribution in [0.3, 0.4) is 0 Å². The van der Waals surface area contributed by atoms with Crippen molar-refractivity contribution in [2.24, 2.45) is 10.9 Å². The summed E-state index contributed by atoms with van der Waals surface area (Å²) in [4.78, 5) is 1.97. The van der Waals surface area contributed by atoms with Crippen molar-refractivity contribution in [3.8, 4) is 17.2 Å². The molecule has 142 valence electrons. The largest absolute Gasteiger partial charge is 0.492 e. The number of anilines is 1. The van der Waals surface area contributed by atoms with Gasteiger partial charge in [-0.1, -0.05) is 18.2 Å². The third-order valence-corrected chi connectivity index (χ3v) is 4.65. The Morgan fingerprint density at radius 1 is 1.37 bits per heavy atom. The van der Waals surface area contributed by atoms with Crippen LogP contribution in [0.5, 0.6) is 17.2 Å². The Balaban J connectivity index is 1.74. The van der Waals surface area contributed by atoms with E-state index in [9.17, 15) is 0 Å². The number of rotatable bonds is 6. The maximum absolute atomic E-state index is 5.52. The third-order valence-electron chi connectivity index (χ3n) is 4.24. The second-order valence-electron chi connectivity index (χ2n) is 5.96. The van der Waals surface area contributed by atoms with Gasteiger partial charge in [-0.05, 0) is 42.4 Å². The number of benzene rings is 2. The molecule has 0 saturated heterocycles. The Morgan fingerprint density at radius 2 is 2.15 bits per heavy atom. The lowest BCUT2D eigenvalue weighted by atomic mass is 10.0. The van der Waals surface area contributed by atoms with E-state index >= 15 is 0 Å². The SMILES string of the molecule is COc1c(/C=N/N)c(CCN(C)C(=S)Nc2ccccc2)cc2c1OCO2. The number of ether oxygens (including phenoxy) is 3. The van der Waals surface area contributed by atoms with E-state index in [1.54, 1.807) is 13.3 Å². The van der Waals surface area contributed by atoms with Gasteiger partial charge in [-0.2, -0.15) is 5.10 Å². The van der Waals surface area contributed by atoms with Gasteiger partial charge in [0.1, 0.15) is 0 Å². The van der Waals surface area contributed by atoms with Crippen molar-refractivity contribution in [1.82, 2.24) is 4.90 Å². The van der Waals surface area contributed by atoms with E-state index in [0.29, 0.717) is 35.3 Å². The summed E-state index contributed by atoms with van der Waals surface area (Å²) >= 11 is 5.49. The quantitative estimate of drug-likeness (QED) is 0.342. The Kier molecular flexibility index (Phi) is 5.97. The summed E-state index contributed by atoms with van der Waals surface area (Å²) in [5.74, 6) is 7.19. The van der Waals surface area contributed by atoms with Crippen molar-refractivity contribution in [2.45, 2.75) is 6.42 Å². The van der Waals surface area contributed by atoms with Crippen molar-refractivity contribution in [3.05, 3.63) is 47.5 Å². The molecule has 8 heteroatoms. The predicted molar refractivity (Wildman–Crippen MR) is 110 cm³/mol. The van der Waals surface area contributed by atoms with Gasteiger partial charge in [0.15, 0.2) is 16.6 Å². The second kappa shape index (κ2) is 8.59. The Labute approximate surface area is 163 Å². The number of hydrogen-bond acceptors (Lipinski definition) is 6. The average Bonchev–Trinajstić information content (AvgIpc) is 3.15. The molecule has 0 unspecified atom stereocenters. The monoisotopic (exact) mass is 386 g/mol. The zero-order valence-electron chi connectivity index (χ0n) is 15.3.